The first-order chi connectivity index (χ1) is 6.57. The van der Waals surface area contributed by atoms with Crippen molar-refractivity contribution in [2.75, 3.05) is 7.11 Å². The SMILES string of the molecule is COc1cc(C2(O)CC2)c(O)cc1Br. The summed E-state index contributed by atoms with van der Waals surface area (Å²) in [4.78, 5) is 0. The van der Waals surface area contributed by atoms with E-state index in [1.807, 2.05) is 0 Å². The van der Waals surface area contributed by atoms with Crippen molar-refractivity contribution in [3.8, 4) is 11.5 Å². The van der Waals surface area contributed by atoms with Crippen LogP contribution in [0.3, 0.4) is 0 Å². The molecule has 0 radical (unpaired) electrons. The number of hydrogen-bond donors (Lipinski definition) is 2. The second-order valence-electron chi connectivity index (χ2n) is 3.54. The van der Waals surface area contributed by atoms with Crippen LogP contribution in [0.1, 0.15) is 18.4 Å². The smallest absolute Gasteiger partial charge is 0.133 e. The number of aromatic hydroxyl groups is 1. The van der Waals surface area contributed by atoms with Crippen LogP contribution in [0, 0.1) is 0 Å². The zero-order valence-corrected chi connectivity index (χ0v) is 9.34. The topological polar surface area (TPSA) is 49.7 Å². The first-order valence-corrected chi connectivity index (χ1v) is 5.15. The maximum atomic E-state index is 9.86. The van der Waals surface area contributed by atoms with Gasteiger partial charge in [0, 0.05) is 5.56 Å². The van der Waals surface area contributed by atoms with Crippen LogP contribution >= 0.6 is 15.9 Å². The summed E-state index contributed by atoms with van der Waals surface area (Å²) in [5.74, 6) is 0.732. The molecule has 0 unspecified atom stereocenters. The molecule has 1 aliphatic rings. The van der Waals surface area contributed by atoms with Gasteiger partial charge in [0.25, 0.3) is 0 Å². The van der Waals surface area contributed by atoms with Gasteiger partial charge in [0.1, 0.15) is 11.5 Å². The predicted octanol–water partition coefficient (Wildman–Crippen LogP) is 2.14. The summed E-state index contributed by atoms with van der Waals surface area (Å²) in [6.45, 7) is 0. The molecule has 1 aromatic carbocycles. The van der Waals surface area contributed by atoms with E-state index in [4.69, 9.17) is 4.74 Å². The third-order valence-electron chi connectivity index (χ3n) is 2.50. The molecule has 0 bridgehead atoms. The number of halogens is 1. The van der Waals surface area contributed by atoms with Crippen LogP contribution in [0.5, 0.6) is 11.5 Å². The zero-order valence-electron chi connectivity index (χ0n) is 7.75. The van der Waals surface area contributed by atoms with E-state index in [-0.39, 0.29) is 5.75 Å². The van der Waals surface area contributed by atoms with Gasteiger partial charge < -0.3 is 14.9 Å². The summed E-state index contributed by atoms with van der Waals surface area (Å²) in [5, 5.41) is 19.5. The van der Waals surface area contributed by atoms with E-state index in [9.17, 15) is 10.2 Å². The molecule has 0 aliphatic heterocycles. The number of ether oxygens (including phenoxy) is 1. The quantitative estimate of drug-likeness (QED) is 0.855. The highest BCUT2D eigenvalue weighted by atomic mass is 79.9. The van der Waals surface area contributed by atoms with Crippen LogP contribution in [0.2, 0.25) is 0 Å². The minimum absolute atomic E-state index is 0.109. The van der Waals surface area contributed by atoms with Gasteiger partial charge >= 0.3 is 0 Å². The number of aliphatic hydroxyl groups is 1. The lowest BCUT2D eigenvalue weighted by Gasteiger charge is -2.13. The highest BCUT2D eigenvalue weighted by Gasteiger charge is 2.44. The van der Waals surface area contributed by atoms with Crippen molar-refractivity contribution in [1.29, 1.82) is 0 Å². The van der Waals surface area contributed by atoms with Gasteiger partial charge in [0.05, 0.1) is 17.2 Å². The summed E-state index contributed by atoms with van der Waals surface area (Å²) in [6, 6.07) is 3.22. The lowest BCUT2D eigenvalue weighted by molar-refractivity contribution is 0.147. The average Bonchev–Trinajstić information content (AvgIpc) is 2.85. The molecule has 2 rings (SSSR count). The van der Waals surface area contributed by atoms with Crippen molar-refractivity contribution in [2.24, 2.45) is 0 Å². The molecule has 1 saturated carbocycles. The van der Waals surface area contributed by atoms with Crippen LogP contribution in [0.15, 0.2) is 16.6 Å². The van der Waals surface area contributed by atoms with Crippen molar-refractivity contribution in [2.45, 2.75) is 18.4 Å². The van der Waals surface area contributed by atoms with Gasteiger partial charge in [-0.1, -0.05) is 0 Å². The molecule has 0 amide bonds. The summed E-state index contributed by atoms with van der Waals surface area (Å²) in [7, 11) is 1.55. The Labute approximate surface area is 90.5 Å². The van der Waals surface area contributed by atoms with Crippen LogP contribution in [0.4, 0.5) is 0 Å². The average molecular weight is 259 g/mol. The van der Waals surface area contributed by atoms with Crippen molar-refractivity contribution < 1.29 is 14.9 Å². The lowest BCUT2D eigenvalue weighted by atomic mass is 10.1. The minimum atomic E-state index is -0.835. The first kappa shape index (κ1) is 9.80. The van der Waals surface area contributed by atoms with E-state index in [1.54, 1.807) is 19.2 Å². The summed E-state index contributed by atoms with van der Waals surface area (Å²) in [5.41, 5.74) is -0.282. The Morgan fingerprint density at radius 3 is 2.57 bits per heavy atom. The minimum Gasteiger partial charge on any atom is -0.508 e. The Bertz CT molecular complexity index is 372. The molecule has 0 spiro atoms. The van der Waals surface area contributed by atoms with Gasteiger partial charge in [-0.2, -0.15) is 0 Å². The lowest BCUT2D eigenvalue weighted by Crippen LogP contribution is -2.05. The van der Waals surface area contributed by atoms with Crippen molar-refractivity contribution >= 4 is 15.9 Å². The third kappa shape index (κ3) is 1.48. The number of methoxy groups -OCH3 is 1. The molecule has 0 atom stereocenters. The second kappa shape index (κ2) is 3.14. The fraction of sp³-hybridized carbons (Fsp3) is 0.400. The Morgan fingerprint density at radius 2 is 2.07 bits per heavy atom. The monoisotopic (exact) mass is 258 g/mol. The van der Waals surface area contributed by atoms with Crippen LogP contribution in [-0.4, -0.2) is 17.3 Å². The van der Waals surface area contributed by atoms with E-state index in [1.165, 1.54) is 0 Å². The van der Waals surface area contributed by atoms with E-state index in [0.29, 0.717) is 28.6 Å². The van der Waals surface area contributed by atoms with E-state index in [2.05, 4.69) is 15.9 Å². The number of phenols is 1. The Morgan fingerprint density at radius 1 is 1.43 bits per heavy atom. The zero-order chi connectivity index (χ0) is 10.3. The van der Waals surface area contributed by atoms with E-state index >= 15 is 0 Å². The Kier molecular flexibility index (Phi) is 2.20. The van der Waals surface area contributed by atoms with Crippen molar-refractivity contribution in [1.82, 2.24) is 0 Å². The molecule has 1 fully saturated rings. The molecule has 76 valence electrons. The standard InChI is InChI=1S/C10H11BrO3/c1-14-9-4-6(10(13)2-3-10)8(12)5-7(9)11/h4-5,12-13H,2-3H2,1H3. The largest absolute Gasteiger partial charge is 0.508 e. The summed E-state index contributed by atoms with van der Waals surface area (Å²) < 4.78 is 5.78. The fourth-order valence-electron chi connectivity index (χ4n) is 1.46. The maximum absolute atomic E-state index is 9.86. The van der Waals surface area contributed by atoms with Gasteiger partial charge in [-0.15, -0.1) is 0 Å². The van der Waals surface area contributed by atoms with Crippen LogP contribution < -0.4 is 4.74 Å². The van der Waals surface area contributed by atoms with Gasteiger partial charge in [0.15, 0.2) is 0 Å². The van der Waals surface area contributed by atoms with Crippen molar-refractivity contribution in [3.05, 3.63) is 22.2 Å². The number of rotatable bonds is 2. The number of hydrogen-bond acceptors (Lipinski definition) is 3. The summed E-state index contributed by atoms with van der Waals surface area (Å²) >= 11 is 3.26. The molecular weight excluding hydrogens is 248 g/mol. The van der Waals surface area contributed by atoms with Crippen LogP contribution in [-0.2, 0) is 5.60 Å². The van der Waals surface area contributed by atoms with Crippen LogP contribution in [0.25, 0.3) is 0 Å². The highest BCUT2D eigenvalue weighted by molar-refractivity contribution is 9.10. The van der Waals surface area contributed by atoms with E-state index < -0.39 is 5.60 Å². The molecule has 0 aromatic heterocycles. The maximum Gasteiger partial charge on any atom is 0.133 e. The third-order valence-corrected chi connectivity index (χ3v) is 3.11. The van der Waals surface area contributed by atoms with Gasteiger partial charge in [0.2, 0.25) is 0 Å². The molecule has 14 heavy (non-hydrogen) atoms. The second-order valence-corrected chi connectivity index (χ2v) is 4.39. The van der Waals surface area contributed by atoms with Gasteiger partial charge in [-0.25, -0.2) is 0 Å². The number of benzene rings is 1. The Balaban J connectivity index is 2.50. The van der Waals surface area contributed by atoms with E-state index in [0.717, 1.165) is 0 Å². The normalized spacial score (nSPS) is 17.9. The molecule has 1 aromatic rings. The Hall–Kier alpha value is -0.740. The molecule has 0 heterocycles. The fourth-order valence-corrected chi connectivity index (χ4v) is 1.95. The van der Waals surface area contributed by atoms with Gasteiger partial charge in [-0.3, -0.25) is 0 Å². The number of phenolic OH excluding ortho intramolecular Hbond substituents is 1. The molecule has 4 heteroatoms. The van der Waals surface area contributed by atoms with Crippen molar-refractivity contribution in [3.63, 3.8) is 0 Å². The molecule has 0 saturated heterocycles. The molecular formula is C10H11BrO3. The van der Waals surface area contributed by atoms with Gasteiger partial charge in [-0.05, 0) is 40.9 Å². The molecule has 1 aliphatic carbocycles. The highest BCUT2D eigenvalue weighted by Crippen LogP contribution is 2.50. The predicted molar refractivity (Wildman–Crippen MR) is 55.5 cm³/mol. The first-order valence-electron chi connectivity index (χ1n) is 4.36. The molecule has 3 nitrogen and oxygen atoms in total. The molecule has 2 N–H and O–H groups in total. The summed E-state index contributed by atoms with van der Waals surface area (Å²) in [6.07, 6.45) is 1.40.